The number of hydrogen-bond donors (Lipinski definition) is 3. The number of aromatic nitrogens is 1. The number of hydrogen-bond acceptors (Lipinski definition) is 6. The van der Waals surface area contributed by atoms with Gasteiger partial charge in [0, 0.05) is 32.6 Å². The topological polar surface area (TPSA) is 90.9 Å². The summed E-state index contributed by atoms with van der Waals surface area (Å²) in [5, 5.41) is 12.4. The van der Waals surface area contributed by atoms with E-state index in [4.69, 9.17) is 4.74 Å². The summed E-state index contributed by atoms with van der Waals surface area (Å²) in [5.41, 5.74) is 0.409. The molecule has 1 heterocycles. The third-order valence-corrected chi connectivity index (χ3v) is 4.72. The van der Waals surface area contributed by atoms with Gasteiger partial charge in [0.15, 0.2) is 11.1 Å². The van der Waals surface area contributed by atoms with Crippen LogP contribution in [0.3, 0.4) is 0 Å². The molecule has 1 atom stereocenters. The Morgan fingerprint density at radius 3 is 2.45 bits per heavy atom. The summed E-state index contributed by atoms with van der Waals surface area (Å²) in [6, 6.07) is -0.0849. The first kappa shape index (κ1) is 27.7. The molecule has 0 spiro atoms. The van der Waals surface area contributed by atoms with Crippen molar-refractivity contribution in [1.29, 1.82) is 0 Å². The van der Waals surface area contributed by atoms with Crippen LogP contribution in [0.1, 0.15) is 47.2 Å². The van der Waals surface area contributed by atoms with Crippen LogP contribution in [0.15, 0.2) is 10.4 Å². The summed E-state index contributed by atoms with van der Waals surface area (Å²) in [5.74, 6) is 0.933. The van der Waals surface area contributed by atoms with E-state index < -0.39 is 11.7 Å². The van der Waals surface area contributed by atoms with Gasteiger partial charge < -0.3 is 25.6 Å². The van der Waals surface area contributed by atoms with Gasteiger partial charge in [-0.15, -0.1) is 35.3 Å². The lowest BCUT2D eigenvalue weighted by molar-refractivity contribution is 0.0491. The molecule has 168 valence electrons. The zero-order chi connectivity index (χ0) is 21.3. The normalized spacial score (nSPS) is 12.8. The van der Waals surface area contributed by atoms with Crippen LogP contribution in [0.25, 0.3) is 0 Å². The number of carbonyl (C=O) groups is 1. The lowest BCUT2D eigenvalue weighted by Crippen LogP contribution is -2.50. The van der Waals surface area contributed by atoms with E-state index in [1.165, 1.54) is 0 Å². The number of carbonyl (C=O) groups excluding carboxylic acids is 1. The van der Waals surface area contributed by atoms with Gasteiger partial charge in [-0.3, -0.25) is 0 Å². The highest BCUT2D eigenvalue weighted by atomic mass is 127. The van der Waals surface area contributed by atoms with Gasteiger partial charge in [-0.1, -0.05) is 13.8 Å². The fourth-order valence-electron chi connectivity index (χ4n) is 2.20. The second-order valence-corrected chi connectivity index (χ2v) is 8.93. The Balaban J connectivity index is 0.00000784. The molecule has 0 aliphatic rings. The van der Waals surface area contributed by atoms with Crippen LogP contribution in [0.2, 0.25) is 0 Å². The van der Waals surface area contributed by atoms with Crippen molar-refractivity contribution >= 4 is 52.5 Å². The van der Waals surface area contributed by atoms with E-state index in [9.17, 15) is 4.79 Å². The minimum Gasteiger partial charge on any atom is -0.444 e. The predicted molar refractivity (Wildman–Crippen MR) is 133 cm³/mol. The fourth-order valence-corrected chi connectivity index (χ4v) is 2.94. The first-order chi connectivity index (χ1) is 13.0. The van der Waals surface area contributed by atoms with Crippen molar-refractivity contribution in [3.8, 4) is 0 Å². The number of ether oxygens (including phenoxy) is 1. The molecule has 1 amide bonds. The van der Waals surface area contributed by atoms with Gasteiger partial charge in [-0.05, 0) is 33.6 Å². The van der Waals surface area contributed by atoms with Crippen molar-refractivity contribution in [3.63, 3.8) is 0 Å². The first-order valence-electron chi connectivity index (χ1n) is 9.65. The van der Waals surface area contributed by atoms with Crippen LogP contribution < -0.4 is 20.9 Å². The van der Waals surface area contributed by atoms with E-state index in [1.807, 2.05) is 52.1 Å². The zero-order valence-electron chi connectivity index (χ0n) is 18.8. The molecule has 0 aromatic carbocycles. The molecule has 1 rings (SSSR count). The second kappa shape index (κ2) is 13.1. The first-order valence-corrected chi connectivity index (χ1v) is 10.5. The number of nitrogens with one attached hydrogen (secondary N) is 3. The van der Waals surface area contributed by atoms with Crippen molar-refractivity contribution in [2.24, 2.45) is 10.9 Å². The summed E-state index contributed by atoms with van der Waals surface area (Å²) in [4.78, 5) is 23.2. The third kappa shape index (κ3) is 11.5. The van der Waals surface area contributed by atoms with E-state index >= 15 is 0 Å². The molecule has 10 heteroatoms. The van der Waals surface area contributed by atoms with Crippen LogP contribution >= 0.6 is 35.3 Å². The van der Waals surface area contributed by atoms with Crippen molar-refractivity contribution in [2.75, 3.05) is 32.1 Å². The molecular formula is C19H37IN6O2S. The minimum absolute atomic E-state index is 0. The van der Waals surface area contributed by atoms with Gasteiger partial charge in [0.1, 0.15) is 5.60 Å². The molecule has 0 aliphatic heterocycles. The molecule has 1 aromatic heterocycles. The summed E-state index contributed by atoms with van der Waals surface area (Å²) in [6.45, 7) is 13.5. The van der Waals surface area contributed by atoms with Gasteiger partial charge in [-0.2, -0.15) is 0 Å². The van der Waals surface area contributed by atoms with Crippen LogP contribution in [-0.2, 0) is 11.3 Å². The van der Waals surface area contributed by atoms with Crippen molar-refractivity contribution in [3.05, 3.63) is 11.1 Å². The maximum atomic E-state index is 12.1. The zero-order valence-corrected chi connectivity index (χ0v) is 22.0. The molecule has 0 saturated carbocycles. The molecule has 0 bridgehead atoms. The third-order valence-electron chi connectivity index (χ3n) is 3.66. The molecular weight excluding hydrogens is 503 g/mol. The average molecular weight is 541 g/mol. The van der Waals surface area contributed by atoms with Crippen molar-refractivity contribution in [1.82, 2.24) is 20.9 Å². The van der Waals surface area contributed by atoms with Gasteiger partial charge in [0.2, 0.25) is 0 Å². The van der Waals surface area contributed by atoms with Crippen molar-refractivity contribution in [2.45, 2.75) is 59.7 Å². The monoisotopic (exact) mass is 540 g/mol. The lowest BCUT2D eigenvalue weighted by atomic mass is 10.0. The molecule has 1 unspecified atom stereocenters. The number of anilines is 1. The van der Waals surface area contributed by atoms with E-state index in [-0.39, 0.29) is 35.9 Å². The summed E-state index contributed by atoms with van der Waals surface area (Å²) >= 11 is 1.60. The van der Waals surface area contributed by atoms with Gasteiger partial charge in [0.25, 0.3) is 0 Å². The molecule has 0 radical (unpaired) electrons. The smallest absolute Gasteiger partial charge is 0.407 e. The van der Waals surface area contributed by atoms with E-state index in [0.717, 1.165) is 17.4 Å². The fraction of sp³-hybridized carbons (Fsp3) is 0.737. The Kier molecular flexibility index (Phi) is 12.5. The number of nitrogens with zero attached hydrogens (tertiary/aromatic N) is 3. The number of rotatable bonds is 8. The van der Waals surface area contributed by atoms with E-state index in [0.29, 0.717) is 19.0 Å². The SMILES string of the molecule is CCNC(=NCc1csc(N(C)C)n1)NCC(NC(=O)OC(C)(C)C)C(C)C.I. The maximum absolute atomic E-state index is 12.1. The molecule has 0 fully saturated rings. The van der Waals surface area contributed by atoms with Crippen LogP contribution in [-0.4, -0.2) is 55.9 Å². The number of aliphatic imine (C=N–C) groups is 1. The second-order valence-electron chi connectivity index (χ2n) is 8.09. The maximum Gasteiger partial charge on any atom is 0.407 e. The van der Waals surface area contributed by atoms with E-state index in [1.54, 1.807) is 11.3 Å². The largest absolute Gasteiger partial charge is 0.444 e. The molecule has 0 aliphatic carbocycles. The summed E-state index contributed by atoms with van der Waals surface area (Å²) < 4.78 is 5.36. The Morgan fingerprint density at radius 2 is 1.97 bits per heavy atom. The number of amides is 1. The van der Waals surface area contributed by atoms with Gasteiger partial charge in [-0.25, -0.2) is 14.8 Å². The Labute approximate surface area is 196 Å². The number of halogens is 1. The summed E-state index contributed by atoms with van der Waals surface area (Å²) in [6.07, 6.45) is -0.409. The van der Waals surface area contributed by atoms with Crippen LogP contribution in [0.5, 0.6) is 0 Å². The number of alkyl carbamates (subject to hydrolysis) is 1. The van der Waals surface area contributed by atoms with Crippen LogP contribution in [0.4, 0.5) is 9.93 Å². The van der Waals surface area contributed by atoms with E-state index in [2.05, 4.69) is 39.8 Å². The Bertz CT molecular complexity index is 643. The molecule has 8 nitrogen and oxygen atoms in total. The van der Waals surface area contributed by atoms with Gasteiger partial charge >= 0.3 is 6.09 Å². The lowest BCUT2D eigenvalue weighted by Gasteiger charge is -2.26. The Morgan fingerprint density at radius 1 is 1.31 bits per heavy atom. The van der Waals surface area contributed by atoms with Crippen LogP contribution in [0, 0.1) is 5.92 Å². The highest BCUT2D eigenvalue weighted by Crippen LogP contribution is 2.18. The molecule has 3 N–H and O–H groups in total. The highest BCUT2D eigenvalue weighted by molar-refractivity contribution is 14.0. The Hall–Kier alpha value is -1.30. The summed E-state index contributed by atoms with van der Waals surface area (Å²) in [7, 11) is 3.95. The highest BCUT2D eigenvalue weighted by Gasteiger charge is 2.21. The van der Waals surface area contributed by atoms with Crippen molar-refractivity contribution < 1.29 is 9.53 Å². The molecule has 0 saturated heterocycles. The van der Waals surface area contributed by atoms with Gasteiger partial charge in [0.05, 0.1) is 18.3 Å². The minimum atomic E-state index is -0.519. The average Bonchev–Trinajstić information content (AvgIpc) is 3.03. The molecule has 1 aromatic rings. The molecule has 29 heavy (non-hydrogen) atoms. The predicted octanol–water partition coefficient (Wildman–Crippen LogP) is 3.43. The number of thiazole rings is 1. The standard InChI is InChI=1S/C19H36N6O2S.HI/c1-9-20-16(21-10-14-12-28-17(23-14)25(7)8)22-11-15(13(2)3)24-18(26)27-19(4,5)6;/h12-13,15H,9-11H2,1-8H3,(H,24,26)(H2,20,21,22);1H. The number of guanidine groups is 1. The quantitative estimate of drug-likeness (QED) is 0.266.